The molecule has 0 amide bonds. The second kappa shape index (κ2) is 3.99. The highest BCUT2D eigenvalue weighted by molar-refractivity contribution is 8.06. The second-order valence-electron chi connectivity index (χ2n) is 5.94. The molecule has 0 radical (unpaired) electrons. The van der Waals surface area contributed by atoms with Gasteiger partial charge in [0, 0.05) is 17.0 Å². The zero-order valence-electron chi connectivity index (χ0n) is 11.3. The van der Waals surface area contributed by atoms with Gasteiger partial charge in [-0.25, -0.2) is 0 Å². The van der Waals surface area contributed by atoms with Gasteiger partial charge in [-0.3, -0.25) is 4.99 Å². The van der Waals surface area contributed by atoms with E-state index in [1.807, 2.05) is 6.21 Å². The van der Waals surface area contributed by atoms with Gasteiger partial charge in [0.2, 0.25) is 0 Å². The Hall–Kier alpha value is -0.515. The molecule has 3 aliphatic heterocycles. The van der Waals surface area contributed by atoms with Crippen molar-refractivity contribution < 1.29 is 9.31 Å². The summed E-state index contributed by atoms with van der Waals surface area (Å²) in [6, 6.07) is 0. The molecule has 0 aromatic carbocycles. The molecule has 1 saturated heterocycles. The lowest BCUT2D eigenvalue weighted by Gasteiger charge is -2.32. The quantitative estimate of drug-likeness (QED) is 0.681. The number of nitrogens with zero attached hydrogens (tertiary/aromatic N) is 1. The zero-order chi connectivity index (χ0) is 13.0. The maximum Gasteiger partial charge on any atom is 0.515 e. The van der Waals surface area contributed by atoms with Crippen molar-refractivity contribution in [2.45, 2.75) is 45.3 Å². The average molecular weight is 263 g/mol. The van der Waals surface area contributed by atoms with Crippen LogP contribution in [0.4, 0.5) is 0 Å². The number of thioether (sulfide) groups is 1. The fraction of sp³-hybridized carbons (Fsp3) is 0.615. The van der Waals surface area contributed by atoms with Crippen LogP contribution in [-0.2, 0) is 9.31 Å². The summed E-state index contributed by atoms with van der Waals surface area (Å²) in [6.07, 6.45) is 5.20. The Labute approximate surface area is 113 Å². The maximum atomic E-state index is 6.08. The molecule has 1 unspecified atom stereocenters. The molecule has 3 aliphatic rings. The van der Waals surface area contributed by atoms with E-state index >= 15 is 0 Å². The Kier molecular flexibility index (Phi) is 2.77. The van der Waals surface area contributed by atoms with Crippen LogP contribution in [0, 0.1) is 5.92 Å². The summed E-state index contributed by atoms with van der Waals surface area (Å²) < 4.78 is 12.2. The highest BCUT2D eigenvalue weighted by Gasteiger charge is 2.53. The van der Waals surface area contributed by atoms with Crippen molar-refractivity contribution >= 4 is 25.1 Å². The Morgan fingerprint density at radius 1 is 1.28 bits per heavy atom. The Morgan fingerprint density at radius 3 is 2.61 bits per heavy atom. The van der Waals surface area contributed by atoms with Crippen molar-refractivity contribution in [1.29, 1.82) is 0 Å². The lowest BCUT2D eigenvalue weighted by atomic mass is 9.80. The minimum absolute atomic E-state index is 0.301. The first kappa shape index (κ1) is 12.5. The minimum Gasteiger partial charge on any atom is -0.398 e. The van der Waals surface area contributed by atoms with Crippen LogP contribution < -0.4 is 0 Å². The van der Waals surface area contributed by atoms with Gasteiger partial charge in [0.25, 0.3) is 0 Å². The largest absolute Gasteiger partial charge is 0.515 e. The summed E-state index contributed by atoms with van der Waals surface area (Å²) in [7, 11) is -0.337. The third-order valence-corrected chi connectivity index (χ3v) is 5.22. The molecule has 3 rings (SSSR count). The fourth-order valence-electron chi connectivity index (χ4n) is 2.28. The highest BCUT2D eigenvalue weighted by Crippen LogP contribution is 2.45. The molecular weight excluding hydrogens is 245 g/mol. The molecule has 0 N–H and O–H groups in total. The van der Waals surface area contributed by atoms with Crippen LogP contribution in [0.1, 0.15) is 34.1 Å². The lowest BCUT2D eigenvalue weighted by molar-refractivity contribution is 0.00578. The molecule has 3 heterocycles. The molecule has 0 spiro atoms. The minimum atomic E-state index is -0.337. The van der Waals surface area contributed by atoms with Crippen molar-refractivity contribution in [3.8, 4) is 0 Å². The normalized spacial score (nSPS) is 32.2. The summed E-state index contributed by atoms with van der Waals surface area (Å²) in [6.45, 7) is 8.29. The van der Waals surface area contributed by atoms with Gasteiger partial charge in [-0.15, -0.1) is 11.8 Å². The molecule has 5 heteroatoms. The number of rotatable bonds is 1. The predicted octanol–water partition coefficient (Wildman–Crippen LogP) is 3.18. The van der Waals surface area contributed by atoms with Gasteiger partial charge < -0.3 is 9.31 Å². The average Bonchev–Trinajstić information content (AvgIpc) is 2.81. The zero-order valence-corrected chi connectivity index (χ0v) is 12.1. The number of fused-ring (bicyclic) bond motifs is 1. The molecule has 96 valence electrons. The van der Waals surface area contributed by atoms with Crippen molar-refractivity contribution in [2.24, 2.45) is 10.9 Å². The number of allylic oxidation sites excluding steroid dienone is 2. The topological polar surface area (TPSA) is 30.8 Å². The third-order valence-electron chi connectivity index (χ3n) is 4.16. The molecule has 0 aromatic heterocycles. The SMILES string of the molecule is CC1(C)OB(C2=C3SC=CC3CC=N2)OC1(C)C. The van der Waals surface area contributed by atoms with E-state index in [4.69, 9.17) is 9.31 Å². The number of aliphatic imine (C=N–C) groups is 1. The summed E-state index contributed by atoms with van der Waals surface area (Å²) in [4.78, 5) is 5.82. The summed E-state index contributed by atoms with van der Waals surface area (Å²) >= 11 is 1.75. The first-order valence-electron chi connectivity index (χ1n) is 6.36. The van der Waals surface area contributed by atoms with Gasteiger partial charge in [0.05, 0.1) is 16.8 Å². The first-order valence-corrected chi connectivity index (χ1v) is 7.24. The van der Waals surface area contributed by atoms with Crippen molar-refractivity contribution in [1.82, 2.24) is 0 Å². The first-order chi connectivity index (χ1) is 8.41. The third kappa shape index (κ3) is 1.80. The Balaban J connectivity index is 1.91. The van der Waals surface area contributed by atoms with Crippen molar-refractivity contribution in [3.63, 3.8) is 0 Å². The van der Waals surface area contributed by atoms with Gasteiger partial charge in [-0.2, -0.15) is 0 Å². The van der Waals surface area contributed by atoms with Crippen LogP contribution in [-0.4, -0.2) is 24.5 Å². The number of hydrogen-bond donors (Lipinski definition) is 0. The highest BCUT2D eigenvalue weighted by atomic mass is 32.2. The Bertz CT molecular complexity index is 452. The molecule has 0 aromatic rings. The van der Waals surface area contributed by atoms with Crippen LogP contribution in [0.5, 0.6) is 0 Å². The molecule has 1 atom stereocenters. The number of hydrogen-bond acceptors (Lipinski definition) is 4. The van der Waals surface area contributed by atoms with Gasteiger partial charge in [-0.1, -0.05) is 6.08 Å². The molecule has 3 nitrogen and oxygen atoms in total. The summed E-state index contributed by atoms with van der Waals surface area (Å²) in [5, 5.41) is 2.14. The van der Waals surface area contributed by atoms with Gasteiger partial charge in [-0.05, 0) is 39.5 Å². The van der Waals surface area contributed by atoms with Gasteiger partial charge in [0.1, 0.15) is 0 Å². The van der Waals surface area contributed by atoms with Gasteiger partial charge >= 0.3 is 7.12 Å². The van der Waals surface area contributed by atoms with Crippen molar-refractivity contribution in [3.05, 3.63) is 22.0 Å². The molecular formula is C13H18BNO2S. The monoisotopic (exact) mass is 263 g/mol. The fourth-order valence-corrected chi connectivity index (χ4v) is 3.31. The van der Waals surface area contributed by atoms with E-state index in [0.717, 1.165) is 12.0 Å². The molecule has 0 saturated carbocycles. The summed E-state index contributed by atoms with van der Waals surface area (Å²) in [5.41, 5.74) is 0.356. The molecule has 0 aliphatic carbocycles. The standard InChI is InChI=1S/C13H18BNO2S/c1-12(2)13(3,4)17-14(16-12)11-10-9(5-7-15-11)6-8-18-10/h6-9H,5H2,1-4H3. The van der Waals surface area contributed by atoms with Crippen molar-refractivity contribution in [2.75, 3.05) is 0 Å². The van der Waals surface area contributed by atoms with Crippen LogP contribution in [0.3, 0.4) is 0 Å². The van der Waals surface area contributed by atoms with Crippen LogP contribution in [0.25, 0.3) is 0 Å². The summed E-state index contributed by atoms with van der Waals surface area (Å²) in [5.74, 6) is 0.474. The van der Waals surface area contributed by atoms with E-state index in [9.17, 15) is 0 Å². The van der Waals surface area contributed by atoms with Crippen LogP contribution in [0.15, 0.2) is 27.0 Å². The van der Waals surface area contributed by atoms with E-state index in [0.29, 0.717) is 5.92 Å². The van der Waals surface area contributed by atoms with Crippen LogP contribution in [0.2, 0.25) is 0 Å². The molecule has 0 bridgehead atoms. The van der Waals surface area contributed by atoms with E-state index in [1.54, 1.807) is 11.8 Å². The smallest absolute Gasteiger partial charge is 0.398 e. The second-order valence-corrected chi connectivity index (χ2v) is 6.89. The van der Waals surface area contributed by atoms with E-state index < -0.39 is 0 Å². The predicted molar refractivity (Wildman–Crippen MR) is 76.4 cm³/mol. The Morgan fingerprint density at radius 2 is 1.94 bits per heavy atom. The lowest BCUT2D eigenvalue weighted by Crippen LogP contribution is -2.41. The maximum absolute atomic E-state index is 6.08. The molecule has 18 heavy (non-hydrogen) atoms. The molecule has 1 fully saturated rings. The van der Waals surface area contributed by atoms with E-state index in [-0.39, 0.29) is 18.3 Å². The van der Waals surface area contributed by atoms with Crippen LogP contribution >= 0.6 is 11.8 Å². The van der Waals surface area contributed by atoms with Gasteiger partial charge in [0.15, 0.2) is 0 Å². The van der Waals surface area contributed by atoms with E-state index in [1.165, 1.54) is 4.91 Å². The van der Waals surface area contributed by atoms with E-state index in [2.05, 4.69) is 44.2 Å².